The monoisotopic (exact) mass is 398 g/mol. The lowest BCUT2D eigenvalue weighted by atomic mass is 9.98. The summed E-state index contributed by atoms with van der Waals surface area (Å²) in [6.45, 7) is 0. The highest BCUT2D eigenvalue weighted by atomic mass is 35.5. The molecule has 1 aliphatic rings. The summed E-state index contributed by atoms with van der Waals surface area (Å²) in [6.07, 6.45) is 5.39. The Balaban J connectivity index is 1.98. The van der Waals surface area contributed by atoms with Crippen LogP contribution in [0.4, 0.5) is 8.78 Å². The fourth-order valence-corrected chi connectivity index (χ4v) is 5.65. The Morgan fingerprint density at radius 1 is 1.04 bits per heavy atom. The topological polar surface area (TPSA) is 34.1 Å². The Hall–Kier alpha value is -1.46. The average molecular weight is 399 g/mol. The molecule has 0 radical (unpaired) electrons. The number of hydrogen-bond acceptors (Lipinski definition) is 2. The molecule has 0 aliphatic heterocycles. The van der Waals surface area contributed by atoms with Crippen LogP contribution in [0.3, 0.4) is 0 Å². The molecule has 1 saturated carbocycles. The van der Waals surface area contributed by atoms with Crippen molar-refractivity contribution in [2.45, 2.75) is 48.7 Å². The number of sulfone groups is 1. The van der Waals surface area contributed by atoms with Gasteiger partial charge in [-0.3, -0.25) is 0 Å². The molecule has 2 nitrogen and oxygen atoms in total. The number of hydrogen-bond donors (Lipinski definition) is 0. The van der Waals surface area contributed by atoms with Crippen molar-refractivity contribution in [3.05, 3.63) is 64.7 Å². The average Bonchev–Trinajstić information content (AvgIpc) is 3.12. The first-order valence-electron chi connectivity index (χ1n) is 8.82. The molecule has 1 fully saturated rings. The Labute approximate surface area is 158 Å². The molecule has 1 aliphatic carbocycles. The molecule has 3 rings (SSSR count). The highest BCUT2D eigenvalue weighted by molar-refractivity contribution is 7.91. The second-order valence-corrected chi connectivity index (χ2v) is 9.45. The molecule has 0 amide bonds. The molecular formula is C20H21ClF2O2S. The minimum atomic E-state index is -3.87. The van der Waals surface area contributed by atoms with Gasteiger partial charge in [0.15, 0.2) is 9.84 Å². The van der Waals surface area contributed by atoms with Crippen molar-refractivity contribution in [2.24, 2.45) is 5.92 Å². The first-order valence-corrected chi connectivity index (χ1v) is 10.7. The molecule has 0 N–H and O–H groups in total. The lowest BCUT2D eigenvalue weighted by Crippen LogP contribution is -2.17. The van der Waals surface area contributed by atoms with E-state index in [0.717, 1.165) is 43.9 Å². The Morgan fingerprint density at radius 2 is 1.69 bits per heavy atom. The zero-order valence-corrected chi connectivity index (χ0v) is 15.9. The van der Waals surface area contributed by atoms with Crippen molar-refractivity contribution in [1.29, 1.82) is 0 Å². The third-order valence-electron chi connectivity index (χ3n) is 5.13. The number of benzene rings is 2. The van der Waals surface area contributed by atoms with Gasteiger partial charge in [-0.1, -0.05) is 37.3 Å². The van der Waals surface area contributed by atoms with Crippen molar-refractivity contribution in [3.8, 4) is 0 Å². The normalized spacial score (nSPS) is 16.7. The fourth-order valence-electron chi connectivity index (χ4n) is 3.71. The Morgan fingerprint density at radius 3 is 2.35 bits per heavy atom. The van der Waals surface area contributed by atoms with Crippen LogP contribution in [0.5, 0.6) is 0 Å². The van der Waals surface area contributed by atoms with Gasteiger partial charge in [0.25, 0.3) is 0 Å². The maximum Gasteiger partial charge on any atom is 0.185 e. The van der Waals surface area contributed by atoms with Gasteiger partial charge in [0, 0.05) is 10.6 Å². The molecule has 6 heteroatoms. The second kappa shape index (κ2) is 8.05. The first-order chi connectivity index (χ1) is 12.4. The van der Waals surface area contributed by atoms with E-state index in [1.807, 2.05) is 0 Å². The summed E-state index contributed by atoms with van der Waals surface area (Å²) in [6, 6.07) is 8.80. The molecule has 2 aromatic rings. The number of halogens is 3. The van der Waals surface area contributed by atoms with Crippen molar-refractivity contribution in [3.63, 3.8) is 0 Å². The predicted molar refractivity (Wildman–Crippen MR) is 98.9 cm³/mol. The summed E-state index contributed by atoms with van der Waals surface area (Å²) in [4.78, 5) is 0.0713. The zero-order chi connectivity index (χ0) is 18.7. The quantitative estimate of drug-likeness (QED) is 0.588. The van der Waals surface area contributed by atoms with E-state index in [2.05, 4.69) is 0 Å². The van der Waals surface area contributed by atoms with Crippen molar-refractivity contribution in [1.82, 2.24) is 0 Å². The highest BCUT2D eigenvalue weighted by Crippen LogP contribution is 2.38. The molecule has 26 heavy (non-hydrogen) atoms. The molecule has 1 unspecified atom stereocenters. The van der Waals surface area contributed by atoms with Gasteiger partial charge < -0.3 is 0 Å². The Bertz CT molecular complexity index is 860. The van der Waals surface area contributed by atoms with Gasteiger partial charge in [-0.2, -0.15) is 0 Å². The van der Waals surface area contributed by atoms with Crippen LogP contribution >= 0.6 is 11.6 Å². The SMILES string of the molecule is O=S(=O)(c1ccc(Cl)cc1)C(CCC1CCCC1)c1cc(F)ccc1F. The van der Waals surface area contributed by atoms with Crippen LogP contribution < -0.4 is 0 Å². The third-order valence-corrected chi connectivity index (χ3v) is 7.55. The molecule has 140 valence electrons. The standard InChI is InChI=1S/C20H21ClF2O2S/c21-15-6-9-17(10-7-15)26(24,25)20(12-5-14-3-1-2-4-14)18-13-16(22)8-11-19(18)23/h6-11,13-14,20H,1-5,12H2. The second-order valence-electron chi connectivity index (χ2n) is 6.88. The summed E-state index contributed by atoms with van der Waals surface area (Å²) in [5.41, 5.74) is -0.0991. The maximum atomic E-state index is 14.4. The largest absolute Gasteiger partial charge is 0.223 e. The molecule has 0 spiro atoms. The minimum absolute atomic E-state index is 0.0713. The van der Waals surface area contributed by atoms with Gasteiger partial charge in [-0.05, 0) is 61.2 Å². The van der Waals surface area contributed by atoms with Crippen LogP contribution in [0, 0.1) is 17.6 Å². The molecule has 0 aromatic heterocycles. The van der Waals surface area contributed by atoms with Gasteiger partial charge in [0.1, 0.15) is 11.6 Å². The van der Waals surface area contributed by atoms with E-state index >= 15 is 0 Å². The van der Waals surface area contributed by atoms with Crippen LogP contribution in [-0.2, 0) is 9.84 Å². The molecule has 0 heterocycles. The number of rotatable bonds is 6. The third kappa shape index (κ3) is 4.26. The summed E-state index contributed by atoms with van der Waals surface area (Å²) in [5, 5.41) is -0.691. The van der Waals surface area contributed by atoms with E-state index in [1.165, 1.54) is 24.3 Å². The molecular weight excluding hydrogens is 378 g/mol. The van der Waals surface area contributed by atoms with Crippen LogP contribution in [0.25, 0.3) is 0 Å². The molecule has 0 bridgehead atoms. The summed E-state index contributed by atoms with van der Waals surface area (Å²) in [5.74, 6) is -0.881. The molecule has 1 atom stereocenters. The smallest absolute Gasteiger partial charge is 0.185 e. The van der Waals surface area contributed by atoms with Crippen molar-refractivity contribution < 1.29 is 17.2 Å². The van der Waals surface area contributed by atoms with Crippen molar-refractivity contribution in [2.75, 3.05) is 0 Å². The van der Waals surface area contributed by atoms with E-state index in [9.17, 15) is 17.2 Å². The summed E-state index contributed by atoms with van der Waals surface area (Å²) < 4.78 is 54.5. The maximum absolute atomic E-state index is 14.4. The zero-order valence-electron chi connectivity index (χ0n) is 14.3. The van der Waals surface area contributed by atoms with Gasteiger partial charge in [-0.25, -0.2) is 17.2 Å². The van der Waals surface area contributed by atoms with Crippen LogP contribution in [0.2, 0.25) is 5.02 Å². The predicted octanol–water partition coefficient (Wildman–Crippen LogP) is 6.10. The minimum Gasteiger partial charge on any atom is -0.223 e. The van der Waals surface area contributed by atoms with E-state index in [0.29, 0.717) is 17.4 Å². The summed E-state index contributed by atoms with van der Waals surface area (Å²) >= 11 is 5.85. The first kappa shape index (κ1) is 19.3. The fraction of sp³-hybridized carbons (Fsp3) is 0.400. The highest BCUT2D eigenvalue weighted by Gasteiger charge is 2.32. The van der Waals surface area contributed by atoms with Gasteiger partial charge >= 0.3 is 0 Å². The van der Waals surface area contributed by atoms with Crippen LogP contribution in [0.15, 0.2) is 47.4 Å². The molecule has 2 aromatic carbocycles. The lowest BCUT2D eigenvalue weighted by molar-refractivity contribution is 0.466. The van der Waals surface area contributed by atoms with E-state index in [-0.39, 0.29) is 16.9 Å². The summed E-state index contributed by atoms with van der Waals surface area (Å²) in [7, 11) is -3.87. The lowest BCUT2D eigenvalue weighted by Gasteiger charge is -2.21. The van der Waals surface area contributed by atoms with Crippen molar-refractivity contribution >= 4 is 21.4 Å². The van der Waals surface area contributed by atoms with Crippen LogP contribution in [-0.4, -0.2) is 8.42 Å². The van der Waals surface area contributed by atoms with E-state index in [4.69, 9.17) is 11.6 Å². The van der Waals surface area contributed by atoms with Gasteiger partial charge in [-0.15, -0.1) is 0 Å². The van der Waals surface area contributed by atoms with Crippen LogP contribution in [0.1, 0.15) is 49.3 Å². The van der Waals surface area contributed by atoms with Gasteiger partial charge in [0.05, 0.1) is 10.1 Å². The van der Waals surface area contributed by atoms with E-state index in [1.54, 1.807) is 0 Å². The Kier molecular flexibility index (Phi) is 5.98. The van der Waals surface area contributed by atoms with E-state index < -0.39 is 26.7 Å². The van der Waals surface area contributed by atoms with Gasteiger partial charge in [0.2, 0.25) is 0 Å². The molecule has 0 saturated heterocycles.